The van der Waals surface area contributed by atoms with Gasteiger partial charge in [0.15, 0.2) is 0 Å². The summed E-state index contributed by atoms with van der Waals surface area (Å²) in [5.41, 5.74) is 1.98. The van der Waals surface area contributed by atoms with E-state index in [4.69, 9.17) is 4.74 Å². The normalized spacial score (nSPS) is 10.3. The Morgan fingerprint density at radius 1 is 1.18 bits per heavy atom. The molecule has 0 aliphatic carbocycles. The van der Waals surface area contributed by atoms with Gasteiger partial charge < -0.3 is 9.72 Å². The first kappa shape index (κ1) is 11.4. The van der Waals surface area contributed by atoms with Crippen molar-refractivity contribution in [3.05, 3.63) is 51.6 Å². The Morgan fingerprint density at radius 3 is 2.59 bits per heavy atom. The van der Waals surface area contributed by atoms with E-state index in [1.165, 1.54) is 11.6 Å². The summed E-state index contributed by atoms with van der Waals surface area (Å²) in [5.74, 6) is 1.57. The molecule has 0 amide bonds. The predicted molar refractivity (Wildman–Crippen MR) is 65.6 cm³/mol. The maximum Gasteiger partial charge on any atom is 0.254 e. The van der Waals surface area contributed by atoms with Crippen molar-refractivity contribution in [2.24, 2.45) is 0 Å². The lowest BCUT2D eigenvalue weighted by molar-refractivity contribution is 0.455. The summed E-state index contributed by atoms with van der Waals surface area (Å²) in [6, 6.07) is 7.20. The summed E-state index contributed by atoms with van der Waals surface area (Å²) in [4.78, 5) is 18.0. The van der Waals surface area contributed by atoms with Crippen molar-refractivity contribution in [1.82, 2.24) is 9.97 Å². The molecule has 2 aromatic rings. The average Bonchev–Trinajstić information content (AvgIpc) is 2.21. The number of aromatic nitrogens is 2. The van der Waals surface area contributed by atoms with E-state index in [1.54, 1.807) is 6.92 Å². The van der Waals surface area contributed by atoms with Gasteiger partial charge in [-0.2, -0.15) is 0 Å². The van der Waals surface area contributed by atoms with Gasteiger partial charge in [-0.1, -0.05) is 17.7 Å². The van der Waals surface area contributed by atoms with Crippen LogP contribution in [0.15, 0.2) is 29.1 Å². The molecule has 4 heteroatoms. The SMILES string of the molecule is Cc1ccc(Oc2cc(=O)[nH]c(C)n2)c(C)c1. The lowest BCUT2D eigenvalue weighted by atomic mass is 10.1. The van der Waals surface area contributed by atoms with Gasteiger partial charge in [0.1, 0.15) is 11.6 Å². The van der Waals surface area contributed by atoms with Gasteiger partial charge >= 0.3 is 0 Å². The molecular formula is C13H14N2O2. The largest absolute Gasteiger partial charge is 0.438 e. The molecule has 1 N–H and O–H groups in total. The standard InChI is InChI=1S/C13H14N2O2/c1-8-4-5-11(9(2)6-8)17-13-7-12(16)14-10(3)15-13/h4-7H,1-3H3,(H,14,15,16). The van der Waals surface area contributed by atoms with Crippen molar-refractivity contribution in [3.63, 3.8) is 0 Å². The van der Waals surface area contributed by atoms with Gasteiger partial charge in [-0.25, -0.2) is 4.98 Å². The Labute approximate surface area is 99.3 Å². The molecule has 0 radical (unpaired) electrons. The molecule has 1 heterocycles. The van der Waals surface area contributed by atoms with Crippen molar-refractivity contribution in [2.45, 2.75) is 20.8 Å². The van der Waals surface area contributed by atoms with Crippen LogP contribution < -0.4 is 10.3 Å². The summed E-state index contributed by atoms with van der Waals surface area (Å²) in [6.07, 6.45) is 0. The van der Waals surface area contributed by atoms with Crippen LogP contribution in [-0.2, 0) is 0 Å². The Hall–Kier alpha value is -2.10. The second kappa shape index (κ2) is 4.41. The van der Waals surface area contributed by atoms with E-state index in [2.05, 4.69) is 9.97 Å². The molecule has 0 atom stereocenters. The monoisotopic (exact) mass is 230 g/mol. The maximum absolute atomic E-state index is 11.3. The number of nitrogens with zero attached hydrogens (tertiary/aromatic N) is 1. The third-order valence-corrected chi connectivity index (χ3v) is 2.38. The molecule has 88 valence electrons. The minimum absolute atomic E-state index is 0.211. The van der Waals surface area contributed by atoms with Crippen molar-refractivity contribution >= 4 is 0 Å². The van der Waals surface area contributed by atoms with Crippen LogP contribution in [0, 0.1) is 20.8 Å². The number of aromatic amines is 1. The summed E-state index contributed by atoms with van der Waals surface area (Å²) >= 11 is 0. The van der Waals surface area contributed by atoms with Gasteiger partial charge in [-0.3, -0.25) is 4.79 Å². The molecule has 2 rings (SSSR count). The summed E-state index contributed by atoms with van der Waals surface area (Å²) in [5, 5.41) is 0. The second-order valence-electron chi connectivity index (χ2n) is 4.04. The number of rotatable bonds is 2. The predicted octanol–water partition coefficient (Wildman–Crippen LogP) is 2.49. The molecule has 0 bridgehead atoms. The van der Waals surface area contributed by atoms with Gasteiger partial charge in [0.2, 0.25) is 5.88 Å². The zero-order valence-electron chi connectivity index (χ0n) is 10.1. The van der Waals surface area contributed by atoms with E-state index in [1.807, 2.05) is 32.0 Å². The van der Waals surface area contributed by atoms with E-state index in [0.29, 0.717) is 17.5 Å². The first-order valence-electron chi connectivity index (χ1n) is 5.37. The average molecular weight is 230 g/mol. The number of nitrogens with one attached hydrogen (secondary N) is 1. The third-order valence-electron chi connectivity index (χ3n) is 2.38. The van der Waals surface area contributed by atoms with Gasteiger partial charge in [0.25, 0.3) is 5.56 Å². The Kier molecular flexibility index (Phi) is 2.95. The van der Waals surface area contributed by atoms with Gasteiger partial charge in [-0.05, 0) is 32.4 Å². The number of ether oxygens (including phenoxy) is 1. The lowest BCUT2D eigenvalue weighted by Gasteiger charge is -2.08. The van der Waals surface area contributed by atoms with E-state index in [0.717, 1.165) is 5.56 Å². The minimum Gasteiger partial charge on any atom is -0.438 e. The topological polar surface area (TPSA) is 55.0 Å². The van der Waals surface area contributed by atoms with Crippen LogP contribution in [0.1, 0.15) is 17.0 Å². The molecule has 0 saturated heterocycles. The quantitative estimate of drug-likeness (QED) is 0.862. The third kappa shape index (κ3) is 2.72. The zero-order valence-corrected chi connectivity index (χ0v) is 10.1. The Morgan fingerprint density at radius 2 is 1.94 bits per heavy atom. The van der Waals surface area contributed by atoms with Crippen LogP contribution in [0.2, 0.25) is 0 Å². The first-order valence-corrected chi connectivity index (χ1v) is 5.37. The van der Waals surface area contributed by atoms with Crippen molar-refractivity contribution in [1.29, 1.82) is 0 Å². The van der Waals surface area contributed by atoms with Crippen LogP contribution >= 0.6 is 0 Å². The fourth-order valence-electron chi connectivity index (χ4n) is 1.63. The number of aryl methyl sites for hydroxylation is 3. The van der Waals surface area contributed by atoms with Gasteiger partial charge in [0, 0.05) is 0 Å². The molecule has 0 spiro atoms. The zero-order chi connectivity index (χ0) is 12.4. The molecule has 0 fully saturated rings. The highest BCUT2D eigenvalue weighted by Crippen LogP contribution is 2.23. The van der Waals surface area contributed by atoms with Crippen LogP contribution in [0.5, 0.6) is 11.6 Å². The summed E-state index contributed by atoms with van der Waals surface area (Å²) in [6.45, 7) is 5.70. The molecule has 1 aromatic heterocycles. The van der Waals surface area contributed by atoms with Crippen molar-refractivity contribution in [3.8, 4) is 11.6 Å². The highest BCUT2D eigenvalue weighted by molar-refractivity contribution is 5.37. The van der Waals surface area contributed by atoms with E-state index >= 15 is 0 Å². The maximum atomic E-state index is 11.3. The molecule has 0 saturated carbocycles. The fourth-order valence-corrected chi connectivity index (χ4v) is 1.63. The Balaban J connectivity index is 2.34. The van der Waals surface area contributed by atoms with Crippen molar-refractivity contribution in [2.75, 3.05) is 0 Å². The summed E-state index contributed by atoms with van der Waals surface area (Å²) in [7, 11) is 0. The van der Waals surface area contributed by atoms with E-state index in [-0.39, 0.29) is 5.56 Å². The highest BCUT2D eigenvalue weighted by Gasteiger charge is 2.04. The number of hydrogen-bond donors (Lipinski definition) is 1. The van der Waals surface area contributed by atoms with E-state index in [9.17, 15) is 4.79 Å². The number of hydrogen-bond acceptors (Lipinski definition) is 3. The first-order chi connectivity index (χ1) is 8.04. The smallest absolute Gasteiger partial charge is 0.254 e. The number of H-pyrrole nitrogens is 1. The molecule has 17 heavy (non-hydrogen) atoms. The molecular weight excluding hydrogens is 216 g/mol. The van der Waals surface area contributed by atoms with E-state index < -0.39 is 0 Å². The lowest BCUT2D eigenvalue weighted by Crippen LogP contribution is -2.08. The fraction of sp³-hybridized carbons (Fsp3) is 0.231. The molecule has 0 aliphatic heterocycles. The highest BCUT2D eigenvalue weighted by atomic mass is 16.5. The van der Waals surface area contributed by atoms with Crippen LogP contribution in [-0.4, -0.2) is 9.97 Å². The minimum atomic E-state index is -0.211. The second-order valence-corrected chi connectivity index (χ2v) is 4.04. The van der Waals surface area contributed by atoms with Crippen LogP contribution in [0.4, 0.5) is 0 Å². The molecule has 1 aromatic carbocycles. The summed E-state index contributed by atoms with van der Waals surface area (Å²) < 4.78 is 5.59. The Bertz CT molecular complexity index is 603. The van der Waals surface area contributed by atoms with Gasteiger partial charge in [-0.15, -0.1) is 0 Å². The molecule has 0 aliphatic rings. The molecule has 0 unspecified atom stereocenters. The van der Waals surface area contributed by atoms with Crippen molar-refractivity contribution < 1.29 is 4.74 Å². The molecule has 4 nitrogen and oxygen atoms in total. The van der Waals surface area contributed by atoms with Crippen LogP contribution in [0.25, 0.3) is 0 Å². The van der Waals surface area contributed by atoms with Gasteiger partial charge in [0.05, 0.1) is 6.07 Å². The number of benzene rings is 1. The van der Waals surface area contributed by atoms with Crippen LogP contribution in [0.3, 0.4) is 0 Å².